The van der Waals surface area contributed by atoms with Crippen molar-refractivity contribution in [1.82, 2.24) is 9.47 Å². The summed E-state index contributed by atoms with van der Waals surface area (Å²) in [6.07, 6.45) is 0. The quantitative estimate of drug-likeness (QED) is 0.694. The fraction of sp³-hybridized carbons (Fsp3) is 0.312. The number of hydrogen-bond donors (Lipinski definition) is 0. The Morgan fingerprint density at radius 2 is 1.85 bits per heavy atom. The number of carbonyl (C=O) groups excluding carboxylic acids is 1. The van der Waals surface area contributed by atoms with Crippen molar-refractivity contribution in [3.63, 3.8) is 0 Å². The van der Waals surface area contributed by atoms with Gasteiger partial charge < -0.3 is 9.47 Å². The Balaban J connectivity index is 1.88. The van der Waals surface area contributed by atoms with Crippen LogP contribution in [0.4, 0.5) is 0 Å². The molecule has 0 radical (unpaired) electrons. The maximum atomic E-state index is 12.7. The number of nitrogens with zero attached hydrogens (tertiary/aromatic N) is 2. The number of rotatable bonds is 1. The molecular weight excluding hydrogens is 363 g/mol. The van der Waals surface area contributed by atoms with Gasteiger partial charge in [-0.1, -0.05) is 0 Å². The van der Waals surface area contributed by atoms with E-state index in [1.165, 1.54) is 11.4 Å². The van der Waals surface area contributed by atoms with Crippen LogP contribution in [-0.4, -0.2) is 21.9 Å². The van der Waals surface area contributed by atoms with Gasteiger partial charge in [0.15, 0.2) is 0 Å². The van der Waals surface area contributed by atoms with Crippen molar-refractivity contribution in [2.45, 2.75) is 26.4 Å². The first kappa shape index (κ1) is 13.7. The predicted octanol–water partition coefficient (Wildman–Crippen LogP) is 3.62. The minimum Gasteiger partial charge on any atom is -0.345 e. The van der Waals surface area contributed by atoms with E-state index in [1.54, 1.807) is 0 Å². The van der Waals surface area contributed by atoms with Gasteiger partial charge in [-0.2, -0.15) is 0 Å². The molecule has 1 unspecified atom stereocenters. The van der Waals surface area contributed by atoms with Crippen LogP contribution in [0.2, 0.25) is 0 Å². The van der Waals surface area contributed by atoms with Gasteiger partial charge in [-0.05, 0) is 72.8 Å². The highest BCUT2D eigenvalue weighted by atomic mass is 127. The zero-order valence-corrected chi connectivity index (χ0v) is 13.8. The highest BCUT2D eigenvalue weighted by molar-refractivity contribution is 14.1. The summed E-state index contributed by atoms with van der Waals surface area (Å²) in [6, 6.07) is 12.2. The van der Waals surface area contributed by atoms with Crippen LogP contribution in [-0.2, 0) is 6.54 Å². The number of aryl methyl sites for hydroxylation is 1. The molecule has 0 aliphatic carbocycles. The lowest BCUT2D eigenvalue weighted by Crippen LogP contribution is -2.41. The molecule has 2 aromatic rings. The van der Waals surface area contributed by atoms with Crippen molar-refractivity contribution < 1.29 is 4.79 Å². The topological polar surface area (TPSA) is 25.2 Å². The number of aromatic nitrogens is 1. The van der Waals surface area contributed by atoms with E-state index in [9.17, 15) is 4.79 Å². The Hall–Kier alpha value is -1.30. The summed E-state index contributed by atoms with van der Waals surface area (Å²) in [5, 5.41) is 0. The Morgan fingerprint density at radius 1 is 1.15 bits per heavy atom. The van der Waals surface area contributed by atoms with Gasteiger partial charge in [0.25, 0.3) is 5.91 Å². The second-order valence-electron chi connectivity index (χ2n) is 5.23. The monoisotopic (exact) mass is 380 g/mol. The Kier molecular flexibility index (Phi) is 3.58. The SMILES string of the molecule is Cc1ccc2n1CCN(C(=O)c1ccc(I)cc1)C2C. The molecule has 1 aliphatic rings. The van der Waals surface area contributed by atoms with Gasteiger partial charge in [0.2, 0.25) is 0 Å². The molecule has 0 spiro atoms. The van der Waals surface area contributed by atoms with E-state index in [-0.39, 0.29) is 11.9 Å². The first-order valence-electron chi connectivity index (χ1n) is 6.80. The minimum atomic E-state index is 0.124. The summed E-state index contributed by atoms with van der Waals surface area (Å²) >= 11 is 2.25. The van der Waals surface area contributed by atoms with Crippen LogP contribution in [0.5, 0.6) is 0 Å². The largest absolute Gasteiger partial charge is 0.345 e. The Labute approximate surface area is 132 Å². The molecule has 0 N–H and O–H groups in total. The van der Waals surface area contributed by atoms with Crippen LogP contribution in [0.15, 0.2) is 36.4 Å². The van der Waals surface area contributed by atoms with Gasteiger partial charge in [-0.25, -0.2) is 0 Å². The van der Waals surface area contributed by atoms with E-state index in [2.05, 4.69) is 53.1 Å². The number of halogens is 1. The summed E-state index contributed by atoms with van der Waals surface area (Å²) in [7, 11) is 0. The summed E-state index contributed by atoms with van der Waals surface area (Å²) < 4.78 is 3.46. The number of hydrogen-bond acceptors (Lipinski definition) is 1. The molecule has 2 heterocycles. The Morgan fingerprint density at radius 3 is 2.55 bits per heavy atom. The summed E-state index contributed by atoms with van der Waals surface area (Å²) in [6.45, 7) is 5.88. The average molecular weight is 380 g/mol. The molecule has 1 aliphatic heterocycles. The van der Waals surface area contributed by atoms with Crippen molar-refractivity contribution in [2.24, 2.45) is 0 Å². The van der Waals surface area contributed by atoms with Crippen molar-refractivity contribution in [3.8, 4) is 0 Å². The normalized spacial score (nSPS) is 17.9. The van der Waals surface area contributed by atoms with Crippen molar-refractivity contribution in [2.75, 3.05) is 6.54 Å². The third-order valence-corrected chi connectivity index (χ3v) is 4.76. The summed E-state index contributed by atoms with van der Waals surface area (Å²) in [5.41, 5.74) is 3.27. The van der Waals surface area contributed by atoms with Gasteiger partial charge in [0.1, 0.15) is 0 Å². The lowest BCUT2D eigenvalue weighted by atomic mass is 10.1. The summed E-state index contributed by atoms with van der Waals surface area (Å²) in [4.78, 5) is 14.6. The fourth-order valence-electron chi connectivity index (χ4n) is 2.86. The van der Waals surface area contributed by atoms with Gasteiger partial charge >= 0.3 is 0 Å². The van der Waals surface area contributed by atoms with Gasteiger partial charge in [0.05, 0.1) is 6.04 Å². The van der Waals surface area contributed by atoms with Crippen molar-refractivity contribution >= 4 is 28.5 Å². The maximum absolute atomic E-state index is 12.7. The zero-order chi connectivity index (χ0) is 14.3. The average Bonchev–Trinajstić information content (AvgIpc) is 2.82. The molecule has 4 heteroatoms. The second kappa shape index (κ2) is 5.24. The van der Waals surface area contributed by atoms with Crippen molar-refractivity contribution in [1.29, 1.82) is 0 Å². The molecule has 0 bridgehead atoms. The molecule has 3 rings (SSSR count). The summed E-state index contributed by atoms with van der Waals surface area (Å²) in [5.74, 6) is 0.124. The molecule has 104 valence electrons. The standard InChI is InChI=1S/C16H17IN2O/c1-11-3-8-15-12(2)19(10-9-18(11)15)16(20)13-4-6-14(17)7-5-13/h3-8,12H,9-10H2,1-2H3. The third kappa shape index (κ3) is 2.26. The maximum Gasteiger partial charge on any atom is 0.254 e. The van der Waals surface area contributed by atoms with Crippen LogP contribution in [0, 0.1) is 10.5 Å². The lowest BCUT2D eigenvalue weighted by molar-refractivity contribution is 0.0643. The first-order chi connectivity index (χ1) is 9.58. The molecule has 0 saturated heterocycles. The highest BCUT2D eigenvalue weighted by Crippen LogP contribution is 2.28. The third-order valence-electron chi connectivity index (χ3n) is 4.04. The van der Waals surface area contributed by atoms with E-state index in [1.807, 2.05) is 29.2 Å². The van der Waals surface area contributed by atoms with Crippen LogP contribution >= 0.6 is 22.6 Å². The second-order valence-corrected chi connectivity index (χ2v) is 6.48. The number of fused-ring (bicyclic) bond motifs is 1. The number of benzene rings is 1. The molecule has 1 aromatic carbocycles. The molecule has 0 fully saturated rings. The molecule has 1 atom stereocenters. The number of carbonyl (C=O) groups is 1. The fourth-order valence-corrected chi connectivity index (χ4v) is 3.22. The van der Waals surface area contributed by atoms with Crippen LogP contribution in [0.25, 0.3) is 0 Å². The van der Waals surface area contributed by atoms with Crippen LogP contribution in [0.3, 0.4) is 0 Å². The lowest BCUT2D eigenvalue weighted by Gasteiger charge is -2.35. The van der Waals surface area contributed by atoms with E-state index in [0.717, 1.165) is 22.2 Å². The molecule has 3 nitrogen and oxygen atoms in total. The van der Waals surface area contributed by atoms with E-state index < -0.39 is 0 Å². The first-order valence-corrected chi connectivity index (χ1v) is 7.88. The van der Waals surface area contributed by atoms with E-state index in [0.29, 0.717) is 0 Å². The minimum absolute atomic E-state index is 0.124. The van der Waals surface area contributed by atoms with Crippen LogP contribution < -0.4 is 0 Å². The predicted molar refractivity (Wildman–Crippen MR) is 87.8 cm³/mol. The van der Waals surface area contributed by atoms with E-state index >= 15 is 0 Å². The molecule has 1 amide bonds. The molecule has 0 saturated carbocycles. The van der Waals surface area contributed by atoms with Gasteiger partial charge in [-0.3, -0.25) is 4.79 Å². The molecular formula is C16H17IN2O. The number of amides is 1. The zero-order valence-electron chi connectivity index (χ0n) is 11.6. The van der Waals surface area contributed by atoms with Gasteiger partial charge in [-0.15, -0.1) is 0 Å². The van der Waals surface area contributed by atoms with Crippen molar-refractivity contribution in [3.05, 3.63) is 56.9 Å². The molecule has 20 heavy (non-hydrogen) atoms. The Bertz CT molecular complexity index is 645. The highest BCUT2D eigenvalue weighted by Gasteiger charge is 2.28. The van der Waals surface area contributed by atoms with Crippen LogP contribution in [0.1, 0.15) is 34.7 Å². The smallest absolute Gasteiger partial charge is 0.254 e. The van der Waals surface area contributed by atoms with Gasteiger partial charge in [0, 0.05) is 33.6 Å². The molecule has 1 aromatic heterocycles. The van der Waals surface area contributed by atoms with E-state index in [4.69, 9.17) is 0 Å².